The molecule has 0 spiro atoms. The molecule has 0 radical (unpaired) electrons. The van der Waals surface area contributed by atoms with Gasteiger partial charge in [-0.05, 0) is 42.5 Å². The predicted octanol–water partition coefficient (Wildman–Crippen LogP) is 3.24. The number of phenolic OH excluding ortho intramolecular Hbond substituents is 2. The van der Waals surface area contributed by atoms with Crippen molar-refractivity contribution in [2.24, 2.45) is 0 Å². The molecule has 150 valence electrons. The number of carbonyl (C=O) groups excluding carboxylic acids is 4. The molecule has 2 N–H and O–H groups in total. The topological polar surface area (TPSA) is 118 Å². The monoisotopic (exact) mass is 404 g/mol. The van der Waals surface area contributed by atoms with Gasteiger partial charge in [0.15, 0.2) is 0 Å². The van der Waals surface area contributed by atoms with Gasteiger partial charge in [0.1, 0.15) is 17.2 Å². The second-order valence-electron chi connectivity index (χ2n) is 6.33. The van der Waals surface area contributed by atoms with Crippen molar-refractivity contribution in [2.45, 2.75) is 0 Å². The normalized spacial score (nSPS) is 10.3. The summed E-state index contributed by atoms with van der Waals surface area (Å²) in [4.78, 5) is 50.4. The van der Waals surface area contributed by atoms with Gasteiger partial charge in [-0.25, -0.2) is 0 Å². The summed E-state index contributed by atoms with van der Waals surface area (Å²) in [5.41, 5.74) is -0.356. The van der Waals surface area contributed by atoms with Crippen molar-refractivity contribution in [3.63, 3.8) is 0 Å². The molecule has 0 aliphatic carbocycles. The molecular formula is C23H16O7. The van der Waals surface area contributed by atoms with E-state index in [0.29, 0.717) is 0 Å². The minimum Gasteiger partial charge on any atom is -0.508 e. The smallest absolute Gasteiger partial charge is 0.237 e. The molecular weight excluding hydrogens is 388 g/mol. The number of ketones is 4. The number of hydrogen-bond donors (Lipinski definition) is 2. The fourth-order valence-electron chi connectivity index (χ4n) is 2.84. The second-order valence-corrected chi connectivity index (χ2v) is 6.33. The lowest BCUT2D eigenvalue weighted by atomic mass is 9.95. The lowest BCUT2D eigenvalue weighted by molar-refractivity contribution is 0.0811. The second kappa shape index (κ2) is 8.40. The quantitative estimate of drug-likeness (QED) is 0.458. The number of hydrogen-bond acceptors (Lipinski definition) is 7. The Kier molecular flexibility index (Phi) is 5.73. The maximum absolute atomic E-state index is 12.8. The molecule has 0 saturated carbocycles. The predicted molar refractivity (Wildman–Crippen MR) is 107 cm³/mol. The summed E-state index contributed by atoms with van der Waals surface area (Å²) in [6, 6.07) is 14.3. The van der Waals surface area contributed by atoms with Crippen molar-refractivity contribution in [3.8, 4) is 17.2 Å². The standard InChI is InChI=1S/C23H16O7/c1-30-19-9-8-15(21(27)20(26)13-4-2-6-16(24)10-13)12-18(19)23(29)22(28)14-5-3-7-17(25)11-14/h2-12,24-25H,1H3. The molecule has 0 fully saturated rings. The van der Waals surface area contributed by atoms with Crippen LogP contribution in [0.5, 0.6) is 17.2 Å². The molecule has 3 aromatic rings. The van der Waals surface area contributed by atoms with Crippen molar-refractivity contribution in [2.75, 3.05) is 7.11 Å². The number of rotatable bonds is 7. The van der Waals surface area contributed by atoms with Crippen LogP contribution < -0.4 is 4.74 Å². The first kappa shape index (κ1) is 20.5. The molecule has 0 bridgehead atoms. The number of benzene rings is 3. The zero-order chi connectivity index (χ0) is 21.8. The van der Waals surface area contributed by atoms with E-state index in [2.05, 4.69) is 0 Å². The Morgan fingerprint density at radius 2 is 1.10 bits per heavy atom. The lowest BCUT2D eigenvalue weighted by Crippen LogP contribution is -2.18. The van der Waals surface area contributed by atoms with E-state index < -0.39 is 23.1 Å². The van der Waals surface area contributed by atoms with Crippen LogP contribution in [0.3, 0.4) is 0 Å². The van der Waals surface area contributed by atoms with Crippen molar-refractivity contribution in [1.82, 2.24) is 0 Å². The van der Waals surface area contributed by atoms with Crippen molar-refractivity contribution < 1.29 is 34.1 Å². The Morgan fingerprint density at radius 1 is 0.633 bits per heavy atom. The van der Waals surface area contributed by atoms with Gasteiger partial charge in [0.25, 0.3) is 0 Å². The van der Waals surface area contributed by atoms with Gasteiger partial charge in [0.2, 0.25) is 23.1 Å². The van der Waals surface area contributed by atoms with E-state index in [9.17, 15) is 29.4 Å². The van der Waals surface area contributed by atoms with Crippen LogP contribution in [0, 0.1) is 0 Å². The molecule has 0 aliphatic heterocycles. The SMILES string of the molecule is COc1ccc(C(=O)C(=O)c2cccc(O)c2)cc1C(=O)C(=O)c1cccc(O)c1. The number of methoxy groups -OCH3 is 1. The number of carbonyl (C=O) groups is 4. The molecule has 3 aromatic carbocycles. The van der Waals surface area contributed by atoms with Gasteiger partial charge in [-0.3, -0.25) is 19.2 Å². The Balaban J connectivity index is 1.97. The lowest BCUT2D eigenvalue weighted by Gasteiger charge is -2.09. The number of phenols is 2. The highest BCUT2D eigenvalue weighted by molar-refractivity contribution is 6.51. The molecule has 0 amide bonds. The maximum atomic E-state index is 12.8. The molecule has 7 nitrogen and oxygen atoms in total. The van der Waals surface area contributed by atoms with Crippen LogP contribution in [0.25, 0.3) is 0 Å². The molecule has 0 aromatic heterocycles. The van der Waals surface area contributed by atoms with Crippen LogP contribution in [-0.4, -0.2) is 40.5 Å². The molecule has 7 heteroatoms. The molecule has 0 atom stereocenters. The fraction of sp³-hybridized carbons (Fsp3) is 0.0435. The van der Waals surface area contributed by atoms with Gasteiger partial charge in [-0.2, -0.15) is 0 Å². The summed E-state index contributed by atoms with van der Waals surface area (Å²) in [7, 11) is 1.30. The van der Waals surface area contributed by atoms with Gasteiger partial charge in [0.05, 0.1) is 12.7 Å². The van der Waals surface area contributed by atoms with Gasteiger partial charge < -0.3 is 14.9 Å². The minimum absolute atomic E-state index is 0.0143. The van der Waals surface area contributed by atoms with Crippen LogP contribution in [-0.2, 0) is 0 Å². The molecule has 0 unspecified atom stereocenters. The number of Topliss-reactive ketones (excluding diaryl/α,β-unsaturated/α-hetero) is 4. The summed E-state index contributed by atoms with van der Waals surface area (Å²) in [5.74, 6) is -3.96. The Hall–Kier alpha value is -4.26. The Bertz CT molecular complexity index is 1180. The molecule has 30 heavy (non-hydrogen) atoms. The van der Waals surface area contributed by atoms with Crippen LogP contribution in [0.4, 0.5) is 0 Å². The first-order valence-electron chi connectivity index (χ1n) is 8.76. The Labute approximate surface area is 171 Å². The van der Waals surface area contributed by atoms with E-state index in [1.165, 1.54) is 55.6 Å². The van der Waals surface area contributed by atoms with Crippen molar-refractivity contribution >= 4 is 23.1 Å². The Morgan fingerprint density at radius 3 is 1.57 bits per heavy atom. The highest BCUT2D eigenvalue weighted by Crippen LogP contribution is 2.24. The summed E-state index contributed by atoms with van der Waals surface area (Å²) >= 11 is 0. The summed E-state index contributed by atoms with van der Waals surface area (Å²) < 4.78 is 5.12. The van der Waals surface area contributed by atoms with Crippen LogP contribution in [0.15, 0.2) is 66.7 Å². The maximum Gasteiger partial charge on any atom is 0.237 e. The largest absolute Gasteiger partial charge is 0.508 e. The van der Waals surface area contributed by atoms with Crippen LogP contribution in [0.1, 0.15) is 41.4 Å². The van der Waals surface area contributed by atoms with E-state index in [-0.39, 0.29) is 39.5 Å². The van der Waals surface area contributed by atoms with E-state index in [0.717, 1.165) is 18.2 Å². The van der Waals surface area contributed by atoms with E-state index >= 15 is 0 Å². The first-order chi connectivity index (χ1) is 14.3. The third-order valence-electron chi connectivity index (χ3n) is 4.34. The van der Waals surface area contributed by atoms with Gasteiger partial charge >= 0.3 is 0 Å². The number of ether oxygens (including phenoxy) is 1. The van der Waals surface area contributed by atoms with Crippen molar-refractivity contribution in [1.29, 1.82) is 0 Å². The third-order valence-corrected chi connectivity index (χ3v) is 4.34. The molecule has 0 saturated heterocycles. The zero-order valence-electron chi connectivity index (χ0n) is 15.8. The average molecular weight is 404 g/mol. The summed E-state index contributed by atoms with van der Waals surface area (Å²) in [6.07, 6.45) is 0. The average Bonchev–Trinajstić information content (AvgIpc) is 2.76. The van der Waals surface area contributed by atoms with Crippen LogP contribution >= 0.6 is 0 Å². The van der Waals surface area contributed by atoms with Crippen LogP contribution in [0.2, 0.25) is 0 Å². The minimum atomic E-state index is -0.961. The van der Waals surface area contributed by atoms with Crippen molar-refractivity contribution in [3.05, 3.63) is 89.0 Å². The molecule has 3 rings (SSSR count). The fourth-order valence-corrected chi connectivity index (χ4v) is 2.84. The molecule has 0 heterocycles. The van der Waals surface area contributed by atoms with Gasteiger partial charge in [-0.1, -0.05) is 24.3 Å². The zero-order valence-corrected chi connectivity index (χ0v) is 15.8. The van der Waals surface area contributed by atoms with E-state index in [1.807, 2.05) is 0 Å². The number of aromatic hydroxyl groups is 2. The van der Waals surface area contributed by atoms with E-state index in [4.69, 9.17) is 4.74 Å². The van der Waals surface area contributed by atoms with Gasteiger partial charge in [-0.15, -0.1) is 0 Å². The highest BCUT2D eigenvalue weighted by Gasteiger charge is 2.25. The summed E-state index contributed by atoms with van der Waals surface area (Å²) in [5, 5.41) is 19.0. The van der Waals surface area contributed by atoms with E-state index in [1.54, 1.807) is 0 Å². The third kappa shape index (κ3) is 4.10. The van der Waals surface area contributed by atoms with Gasteiger partial charge in [0, 0.05) is 16.7 Å². The highest BCUT2D eigenvalue weighted by atomic mass is 16.5. The first-order valence-corrected chi connectivity index (χ1v) is 8.76. The molecule has 0 aliphatic rings. The summed E-state index contributed by atoms with van der Waals surface area (Å²) in [6.45, 7) is 0.